The van der Waals surface area contributed by atoms with Gasteiger partial charge in [-0.25, -0.2) is 4.57 Å². The lowest BCUT2D eigenvalue weighted by atomic mass is 10.0. The van der Waals surface area contributed by atoms with Gasteiger partial charge < -0.3 is 24.0 Å². The first-order chi connectivity index (χ1) is 25.0. The average molecular weight is 765 g/mol. The van der Waals surface area contributed by atoms with Crippen LogP contribution >= 0.6 is 7.82 Å². The van der Waals surface area contributed by atoms with E-state index < -0.39 is 13.9 Å². The largest absolute Gasteiger partial charge is 0.472 e. The van der Waals surface area contributed by atoms with Crippen molar-refractivity contribution in [3.05, 3.63) is 0 Å². The molecule has 9 nitrogen and oxygen atoms in total. The summed E-state index contributed by atoms with van der Waals surface area (Å²) >= 11 is 0. The second-order valence-electron chi connectivity index (χ2n) is 16.3. The number of ether oxygens (including phenoxy) is 2. The molecule has 312 valence electrons. The summed E-state index contributed by atoms with van der Waals surface area (Å²) in [5.41, 5.74) is 0. The number of phosphoric acid groups is 1. The van der Waals surface area contributed by atoms with E-state index in [0.717, 1.165) is 64.2 Å². The number of hydrogen-bond acceptors (Lipinski definition) is 7. The fourth-order valence-corrected chi connectivity index (χ4v) is 7.02. The number of esters is 1. The number of aliphatic hydroxyl groups excluding tert-OH is 1. The van der Waals surface area contributed by atoms with E-state index >= 15 is 0 Å². The third kappa shape index (κ3) is 39.2. The van der Waals surface area contributed by atoms with Gasteiger partial charge in [0.1, 0.15) is 19.3 Å². The molecule has 0 aliphatic heterocycles. The Morgan fingerprint density at radius 2 is 1.00 bits per heavy atom. The minimum Gasteiger partial charge on any atom is -0.457 e. The Labute approximate surface area is 321 Å². The molecular weight excluding hydrogens is 677 g/mol. The van der Waals surface area contributed by atoms with E-state index in [1.54, 1.807) is 0 Å². The van der Waals surface area contributed by atoms with Crippen molar-refractivity contribution in [3.63, 3.8) is 0 Å². The summed E-state index contributed by atoms with van der Waals surface area (Å²) < 4.78 is 34.9. The summed E-state index contributed by atoms with van der Waals surface area (Å²) in [7, 11) is 1.65. The van der Waals surface area contributed by atoms with Crippen molar-refractivity contribution in [1.29, 1.82) is 0 Å². The third-order valence-corrected chi connectivity index (χ3v) is 10.7. The van der Waals surface area contributed by atoms with E-state index in [4.69, 9.17) is 18.5 Å². The molecular formula is C42H87NO8P+. The Kier molecular flexibility index (Phi) is 35.7. The molecule has 0 saturated carbocycles. The highest BCUT2D eigenvalue weighted by molar-refractivity contribution is 7.47. The zero-order valence-corrected chi connectivity index (χ0v) is 35.8. The van der Waals surface area contributed by atoms with Gasteiger partial charge in [-0.15, -0.1) is 0 Å². The molecule has 3 unspecified atom stereocenters. The Morgan fingerprint density at radius 1 is 0.577 bits per heavy atom. The number of nitrogens with zero attached hydrogens (tertiary/aromatic N) is 1. The van der Waals surface area contributed by atoms with Crippen LogP contribution in [0.3, 0.4) is 0 Å². The van der Waals surface area contributed by atoms with Gasteiger partial charge in [0.05, 0.1) is 40.5 Å². The Bertz CT molecular complexity index is 824. The lowest BCUT2D eigenvalue weighted by molar-refractivity contribution is -0.870. The van der Waals surface area contributed by atoms with Crippen molar-refractivity contribution < 1.29 is 42.4 Å². The second-order valence-corrected chi connectivity index (χ2v) is 17.7. The molecule has 10 heteroatoms. The van der Waals surface area contributed by atoms with Gasteiger partial charge in [-0.3, -0.25) is 13.8 Å². The zero-order valence-electron chi connectivity index (χ0n) is 34.9. The van der Waals surface area contributed by atoms with Crippen LogP contribution in [-0.4, -0.2) is 86.8 Å². The topological polar surface area (TPSA) is 112 Å². The van der Waals surface area contributed by atoms with Crippen LogP contribution in [0.15, 0.2) is 0 Å². The first-order valence-corrected chi connectivity index (χ1v) is 23.4. The monoisotopic (exact) mass is 765 g/mol. The molecule has 0 heterocycles. The van der Waals surface area contributed by atoms with Crippen molar-refractivity contribution in [2.75, 3.05) is 54.1 Å². The highest BCUT2D eigenvalue weighted by Crippen LogP contribution is 2.43. The first-order valence-electron chi connectivity index (χ1n) is 21.9. The summed E-state index contributed by atoms with van der Waals surface area (Å²) in [6.45, 7) is 5.54. The van der Waals surface area contributed by atoms with Crippen molar-refractivity contribution in [2.24, 2.45) is 0 Å². The first kappa shape index (κ1) is 51.5. The molecule has 0 amide bonds. The maximum atomic E-state index is 12.7. The standard InChI is InChI=1S/C42H86NO8P/c1-6-8-10-12-13-14-15-16-17-18-21-24-27-31-36-48-38-41(39-50-52(46,47)49-37-35-43(3,4)5)51-42(45)34-30-26-23-20-19-22-25-29-33-40(44)32-28-11-9-7-2/h40-41,44H,6-39H2,1-5H3/p+1. The zero-order chi connectivity index (χ0) is 38.6. The van der Waals surface area contributed by atoms with Crippen LogP contribution in [0.1, 0.15) is 200 Å². The summed E-state index contributed by atoms with van der Waals surface area (Å²) in [6.07, 6.45) is 32.9. The second kappa shape index (κ2) is 36.1. The van der Waals surface area contributed by atoms with Crippen LogP contribution in [0, 0.1) is 0 Å². The summed E-state index contributed by atoms with van der Waals surface area (Å²) in [5.74, 6) is -0.333. The van der Waals surface area contributed by atoms with Gasteiger partial charge in [-0.1, -0.05) is 168 Å². The molecule has 0 fully saturated rings. The van der Waals surface area contributed by atoms with Gasteiger partial charge in [0.15, 0.2) is 0 Å². The summed E-state index contributed by atoms with van der Waals surface area (Å²) in [6, 6.07) is 0. The SMILES string of the molecule is CCCCCCCCCCCCCCCCOCC(COP(=O)(O)OCC[N+](C)(C)C)OC(=O)CCCCCCCCCCC(O)CCCCCC. The molecule has 0 rings (SSSR count). The quantitative estimate of drug-likeness (QED) is 0.0274. The van der Waals surface area contributed by atoms with Crippen molar-refractivity contribution in [1.82, 2.24) is 0 Å². The predicted octanol–water partition coefficient (Wildman–Crippen LogP) is 11.5. The minimum absolute atomic E-state index is 0.0830. The molecule has 52 heavy (non-hydrogen) atoms. The lowest BCUT2D eigenvalue weighted by Crippen LogP contribution is -2.37. The van der Waals surface area contributed by atoms with Gasteiger partial charge in [-0.05, 0) is 25.7 Å². The van der Waals surface area contributed by atoms with Gasteiger partial charge in [0.2, 0.25) is 0 Å². The van der Waals surface area contributed by atoms with Crippen molar-refractivity contribution >= 4 is 13.8 Å². The van der Waals surface area contributed by atoms with E-state index in [9.17, 15) is 19.4 Å². The van der Waals surface area contributed by atoms with E-state index in [2.05, 4.69) is 13.8 Å². The molecule has 0 aromatic carbocycles. The fraction of sp³-hybridized carbons (Fsp3) is 0.976. The van der Waals surface area contributed by atoms with Crippen LogP contribution in [0.25, 0.3) is 0 Å². The normalized spacial score (nSPS) is 14.4. The molecule has 0 aromatic rings. The van der Waals surface area contributed by atoms with E-state index in [1.807, 2.05) is 21.1 Å². The fourth-order valence-electron chi connectivity index (χ4n) is 6.28. The van der Waals surface area contributed by atoms with Crippen LogP contribution < -0.4 is 0 Å². The molecule has 0 bridgehead atoms. The molecule has 0 aliphatic carbocycles. The van der Waals surface area contributed by atoms with Gasteiger partial charge in [-0.2, -0.15) is 0 Å². The van der Waals surface area contributed by atoms with Crippen LogP contribution in [0.2, 0.25) is 0 Å². The Balaban J connectivity index is 4.24. The van der Waals surface area contributed by atoms with Gasteiger partial charge in [0.25, 0.3) is 0 Å². The van der Waals surface area contributed by atoms with Gasteiger partial charge in [0, 0.05) is 13.0 Å². The van der Waals surface area contributed by atoms with Gasteiger partial charge >= 0.3 is 13.8 Å². The number of quaternary nitrogens is 1. The van der Waals surface area contributed by atoms with E-state index in [1.165, 1.54) is 116 Å². The molecule has 0 spiro atoms. The number of likely N-dealkylation sites (N-methyl/N-ethyl adjacent to an activating group) is 1. The highest BCUT2D eigenvalue weighted by Gasteiger charge is 2.26. The molecule has 0 saturated heterocycles. The Hall–Kier alpha value is -0.540. The summed E-state index contributed by atoms with van der Waals surface area (Å²) in [4.78, 5) is 22.9. The van der Waals surface area contributed by atoms with E-state index in [0.29, 0.717) is 24.1 Å². The third-order valence-electron chi connectivity index (χ3n) is 9.74. The summed E-state index contributed by atoms with van der Waals surface area (Å²) in [5, 5.41) is 10.1. The maximum Gasteiger partial charge on any atom is 0.472 e. The van der Waals surface area contributed by atoms with Crippen LogP contribution in [-0.2, 0) is 27.9 Å². The molecule has 0 radical (unpaired) electrons. The average Bonchev–Trinajstić information content (AvgIpc) is 3.09. The number of carbonyl (C=O) groups excluding carboxylic acids is 1. The van der Waals surface area contributed by atoms with Crippen LogP contribution in [0.4, 0.5) is 0 Å². The number of hydrogen-bond donors (Lipinski definition) is 2. The number of carbonyl (C=O) groups is 1. The lowest BCUT2D eigenvalue weighted by Gasteiger charge is -2.24. The number of unbranched alkanes of at least 4 members (excludes halogenated alkanes) is 23. The molecule has 0 aromatic heterocycles. The molecule has 2 N–H and O–H groups in total. The Morgan fingerprint density at radius 3 is 1.48 bits per heavy atom. The number of aliphatic hydroxyl groups is 1. The van der Waals surface area contributed by atoms with Crippen molar-refractivity contribution in [3.8, 4) is 0 Å². The highest BCUT2D eigenvalue weighted by atomic mass is 31.2. The molecule has 0 aliphatic rings. The smallest absolute Gasteiger partial charge is 0.457 e. The number of rotatable bonds is 41. The molecule has 3 atom stereocenters. The van der Waals surface area contributed by atoms with Crippen LogP contribution in [0.5, 0.6) is 0 Å². The number of phosphoric ester groups is 1. The minimum atomic E-state index is -4.28. The van der Waals surface area contributed by atoms with E-state index in [-0.39, 0.29) is 31.9 Å². The predicted molar refractivity (Wildman–Crippen MR) is 217 cm³/mol. The van der Waals surface area contributed by atoms with Crippen molar-refractivity contribution in [2.45, 2.75) is 212 Å². The maximum absolute atomic E-state index is 12.7.